The van der Waals surface area contributed by atoms with E-state index in [-0.39, 0.29) is 5.82 Å². The Morgan fingerprint density at radius 1 is 0.406 bits per heavy atom. The second-order valence-corrected chi connectivity index (χ2v) is 9.26. The molecule has 0 N–H and O–H groups in total. The van der Waals surface area contributed by atoms with Crippen molar-refractivity contribution >= 4 is 0 Å². The zero-order valence-corrected chi connectivity index (χ0v) is 20.2. The lowest BCUT2D eigenvalue weighted by atomic mass is 9.86. The molecule has 4 aromatic rings. The van der Waals surface area contributed by atoms with Gasteiger partial charge in [0.15, 0.2) is 0 Å². The van der Waals surface area contributed by atoms with Gasteiger partial charge >= 0.3 is 0 Å². The molecule has 0 saturated heterocycles. The summed E-state index contributed by atoms with van der Waals surface area (Å²) >= 11 is 0. The minimum absolute atomic E-state index is 0.111. The highest BCUT2D eigenvalue weighted by Gasteiger charge is 2.15. The van der Waals surface area contributed by atoms with Crippen molar-refractivity contribution in [2.75, 3.05) is 0 Å². The normalized spacial score (nSPS) is 11.1. The molecule has 0 unspecified atom stereocenters. The third-order valence-electron chi connectivity index (χ3n) is 6.46. The molecule has 32 heavy (non-hydrogen) atoms. The van der Waals surface area contributed by atoms with Gasteiger partial charge in [-0.05, 0) is 127 Å². The molecule has 0 aliphatic carbocycles. The first kappa shape index (κ1) is 22.0. The Bertz CT molecular complexity index is 1250. The molecule has 162 valence electrons. The summed E-state index contributed by atoms with van der Waals surface area (Å²) in [7, 11) is 0. The van der Waals surface area contributed by atoms with Gasteiger partial charge in [0.25, 0.3) is 0 Å². The molecule has 0 amide bonds. The molecular weight excluding hydrogens is 391 g/mol. The molecule has 0 spiro atoms. The summed E-state index contributed by atoms with van der Waals surface area (Å²) in [6.07, 6.45) is 0. The summed E-state index contributed by atoms with van der Waals surface area (Å²) in [5.41, 5.74) is 15.0. The summed E-state index contributed by atoms with van der Waals surface area (Å²) < 4.78 is 14.2. The summed E-state index contributed by atoms with van der Waals surface area (Å²) in [6, 6.07) is 21.8. The topological polar surface area (TPSA) is 0 Å². The molecule has 0 radical (unpaired) electrons. The molecule has 0 fully saturated rings. The molecule has 0 aliphatic rings. The van der Waals surface area contributed by atoms with Crippen molar-refractivity contribution < 1.29 is 4.39 Å². The molecule has 4 rings (SSSR count). The first-order valence-electron chi connectivity index (χ1n) is 11.2. The average Bonchev–Trinajstić information content (AvgIpc) is 2.71. The average molecular weight is 423 g/mol. The molecule has 1 heteroatoms. The van der Waals surface area contributed by atoms with Crippen LogP contribution < -0.4 is 0 Å². The second kappa shape index (κ2) is 8.39. The van der Waals surface area contributed by atoms with Crippen molar-refractivity contribution in [3.05, 3.63) is 105 Å². The minimum Gasteiger partial charge on any atom is -0.206 e. The standard InChI is InChI=1S/C31H31F/c1-18-8-10-25(11-9-18)26-12-19(2)29(20(3)13-26)27-14-21(4)30(22(5)15-27)28-16-23(6)31(32)24(7)17-28/h8-17H,1-7H3. The van der Waals surface area contributed by atoms with Crippen LogP contribution in [0.25, 0.3) is 33.4 Å². The maximum atomic E-state index is 14.2. The van der Waals surface area contributed by atoms with Crippen LogP contribution in [0.5, 0.6) is 0 Å². The van der Waals surface area contributed by atoms with Crippen LogP contribution in [0.4, 0.5) is 4.39 Å². The first-order chi connectivity index (χ1) is 15.2. The van der Waals surface area contributed by atoms with E-state index in [1.54, 1.807) is 0 Å². The van der Waals surface area contributed by atoms with Gasteiger partial charge in [0.05, 0.1) is 0 Å². The van der Waals surface area contributed by atoms with Crippen LogP contribution in [0, 0.1) is 54.3 Å². The van der Waals surface area contributed by atoms with Crippen LogP contribution in [0.1, 0.15) is 38.9 Å². The van der Waals surface area contributed by atoms with Crippen LogP contribution >= 0.6 is 0 Å². The molecule has 0 heterocycles. The van der Waals surface area contributed by atoms with Crippen molar-refractivity contribution in [1.29, 1.82) is 0 Å². The third kappa shape index (κ3) is 4.00. The van der Waals surface area contributed by atoms with Gasteiger partial charge < -0.3 is 0 Å². The van der Waals surface area contributed by atoms with Crippen molar-refractivity contribution in [3.8, 4) is 33.4 Å². The van der Waals surface area contributed by atoms with E-state index in [1.165, 1.54) is 55.6 Å². The molecule has 0 aromatic heterocycles. The minimum atomic E-state index is -0.111. The molecule has 0 saturated carbocycles. The van der Waals surface area contributed by atoms with Gasteiger partial charge in [0.1, 0.15) is 5.82 Å². The van der Waals surface area contributed by atoms with E-state index in [0.29, 0.717) is 11.1 Å². The second-order valence-electron chi connectivity index (χ2n) is 9.26. The molecule has 0 nitrogen and oxygen atoms in total. The van der Waals surface area contributed by atoms with Crippen molar-refractivity contribution in [1.82, 2.24) is 0 Å². The van der Waals surface area contributed by atoms with Crippen LogP contribution in [0.2, 0.25) is 0 Å². The van der Waals surface area contributed by atoms with Gasteiger partial charge in [-0.1, -0.05) is 54.1 Å². The third-order valence-corrected chi connectivity index (χ3v) is 6.46. The number of aryl methyl sites for hydroxylation is 7. The van der Waals surface area contributed by atoms with E-state index in [9.17, 15) is 4.39 Å². The van der Waals surface area contributed by atoms with Crippen LogP contribution in [0.15, 0.2) is 60.7 Å². The smallest absolute Gasteiger partial charge is 0.129 e. The Kier molecular flexibility index (Phi) is 5.77. The van der Waals surface area contributed by atoms with E-state index < -0.39 is 0 Å². The zero-order valence-electron chi connectivity index (χ0n) is 20.2. The van der Waals surface area contributed by atoms with E-state index in [0.717, 1.165) is 5.56 Å². The van der Waals surface area contributed by atoms with Gasteiger partial charge in [0.2, 0.25) is 0 Å². The van der Waals surface area contributed by atoms with E-state index in [1.807, 2.05) is 26.0 Å². The van der Waals surface area contributed by atoms with Gasteiger partial charge in [-0.25, -0.2) is 4.39 Å². The van der Waals surface area contributed by atoms with E-state index >= 15 is 0 Å². The molecule has 4 aromatic carbocycles. The highest BCUT2D eigenvalue weighted by Crippen LogP contribution is 2.37. The van der Waals surface area contributed by atoms with Gasteiger partial charge in [-0.3, -0.25) is 0 Å². The highest BCUT2D eigenvalue weighted by molar-refractivity contribution is 5.81. The summed E-state index contributed by atoms with van der Waals surface area (Å²) in [5.74, 6) is -0.111. The number of halogens is 1. The predicted molar refractivity (Wildman–Crippen MR) is 136 cm³/mol. The first-order valence-corrected chi connectivity index (χ1v) is 11.2. The monoisotopic (exact) mass is 422 g/mol. The largest absolute Gasteiger partial charge is 0.206 e. The highest BCUT2D eigenvalue weighted by atomic mass is 19.1. The van der Waals surface area contributed by atoms with Crippen molar-refractivity contribution in [3.63, 3.8) is 0 Å². The Morgan fingerprint density at radius 3 is 1.16 bits per heavy atom. The van der Waals surface area contributed by atoms with E-state index in [4.69, 9.17) is 0 Å². The fourth-order valence-corrected chi connectivity index (χ4v) is 4.98. The SMILES string of the molecule is Cc1ccc(-c2cc(C)c(-c3cc(C)c(-c4cc(C)c(F)c(C)c4)c(C)c3)c(C)c2)cc1. The van der Waals surface area contributed by atoms with Gasteiger partial charge in [-0.2, -0.15) is 0 Å². The van der Waals surface area contributed by atoms with Crippen molar-refractivity contribution in [2.24, 2.45) is 0 Å². The fourth-order valence-electron chi connectivity index (χ4n) is 4.98. The van der Waals surface area contributed by atoms with Gasteiger partial charge in [-0.15, -0.1) is 0 Å². The number of rotatable bonds is 3. The molecule has 0 bridgehead atoms. The lowest BCUT2D eigenvalue weighted by molar-refractivity contribution is 0.609. The Morgan fingerprint density at radius 2 is 0.750 bits per heavy atom. The number of benzene rings is 4. The fraction of sp³-hybridized carbons (Fsp3) is 0.226. The van der Waals surface area contributed by atoms with Crippen molar-refractivity contribution in [2.45, 2.75) is 48.5 Å². The predicted octanol–water partition coefficient (Wildman–Crippen LogP) is 8.99. The summed E-state index contributed by atoms with van der Waals surface area (Å²) in [5, 5.41) is 0. The molecule has 0 aliphatic heterocycles. The molecular formula is C31H31F. The summed E-state index contributed by atoms with van der Waals surface area (Å²) in [4.78, 5) is 0. The maximum absolute atomic E-state index is 14.2. The lowest BCUT2D eigenvalue weighted by Gasteiger charge is -2.18. The Labute approximate surface area is 191 Å². The molecule has 0 atom stereocenters. The van der Waals surface area contributed by atoms with Crippen LogP contribution in [-0.2, 0) is 0 Å². The zero-order chi connectivity index (χ0) is 23.2. The number of hydrogen-bond acceptors (Lipinski definition) is 0. The lowest BCUT2D eigenvalue weighted by Crippen LogP contribution is -1.96. The Balaban J connectivity index is 1.81. The van der Waals surface area contributed by atoms with Crippen LogP contribution in [-0.4, -0.2) is 0 Å². The number of hydrogen-bond donors (Lipinski definition) is 0. The Hall–Kier alpha value is -3.19. The quantitative estimate of drug-likeness (QED) is 0.309. The van der Waals surface area contributed by atoms with E-state index in [2.05, 4.69) is 83.1 Å². The van der Waals surface area contributed by atoms with Gasteiger partial charge in [0, 0.05) is 0 Å². The maximum Gasteiger partial charge on any atom is 0.129 e. The van der Waals surface area contributed by atoms with Crippen LogP contribution in [0.3, 0.4) is 0 Å². The summed E-state index contributed by atoms with van der Waals surface area (Å²) in [6.45, 7) is 14.5.